The van der Waals surface area contributed by atoms with Crippen LogP contribution in [0.5, 0.6) is 0 Å². The molecule has 3 aromatic rings. The van der Waals surface area contributed by atoms with Gasteiger partial charge in [-0.05, 0) is 30.7 Å². The standard InChI is InChI=1S/C17H17N5OS/c1-12-6-2-3-7-13(12)19-11-9-15(23)20-17-22-21-16(24-17)14-8-4-5-10-18-14/h2-8,10,19H,9,11H2,1H3,(H,20,22,23). The number of aromatic nitrogens is 3. The van der Waals surface area contributed by atoms with Crippen LogP contribution in [-0.4, -0.2) is 27.6 Å². The van der Waals surface area contributed by atoms with E-state index in [1.807, 2.05) is 49.4 Å². The van der Waals surface area contributed by atoms with Crippen LogP contribution in [0.15, 0.2) is 48.7 Å². The first-order valence-corrected chi connectivity index (χ1v) is 8.38. The van der Waals surface area contributed by atoms with Gasteiger partial charge in [-0.25, -0.2) is 0 Å². The lowest BCUT2D eigenvalue weighted by molar-refractivity contribution is -0.115. The van der Waals surface area contributed by atoms with Gasteiger partial charge in [0.2, 0.25) is 11.0 Å². The number of nitrogens with zero attached hydrogens (tertiary/aromatic N) is 3. The summed E-state index contributed by atoms with van der Waals surface area (Å²) in [4.78, 5) is 16.2. The van der Waals surface area contributed by atoms with Crippen molar-refractivity contribution in [2.24, 2.45) is 0 Å². The third kappa shape index (κ3) is 4.14. The van der Waals surface area contributed by atoms with Gasteiger partial charge < -0.3 is 10.6 Å². The van der Waals surface area contributed by atoms with E-state index in [4.69, 9.17) is 0 Å². The maximum absolute atomic E-state index is 12.0. The number of hydrogen-bond acceptors (Lipinski definition) is 6. The summed E-state index contributed by atoms with van der Waals surface area (Å²) in [6, 6.07) is 13.6. The zero-order chi connectivity index (χ0) is 16.8. The number of para-hydroxylation sites is 1. The van der Waals surface area contributed by atoms with Crippen LogP contribution in [0.1, 0.15) is 12.0 Å². The SMILES string of the molecule is Cc1ccccc1NCCC(=O)Nc1nnc(-c2ccccn2)s1. The Bertz CT molecular complexity index is 819. The number of benzene rings is 1. The monoisotopic (exact) mass is 339 g/mol. The summed E-state index contributed by atoms with van der Waals surface area (Å²) in [6.45, 7) is 2.59. The van der Waals surface area contributed by atoms with Crippen LogP contribution < -0.4 is 10.6 Å². The number of nitrogens with one attached hydrogen (secondary N) is 2. The molecule has 0 aliphatic heterocycles. The van der Waals surface area contributed by atoms with Gasteiger partial charge in [0.25, 0.3) is 0 Å². The topological polar surface area (TPSA) is 79.8 Å². The summed E-state index contributed by atoms with van der Waals surface area (Å²) in [7, 11) is 0. The molecule has 0 saturated heterocycles. The summed E-state index contributed by atoms with van der Waals surface area (Å²) in [5, 5.41) is 15.2. The van der Waals surface area contributed by atoms with Crippen LogP contribution in [-0.2, 0) is 4.79 Å². The van der Waals surface area contributed by atoms with Crippen molar-refractivity contribution in [2.45, 2.75) is 13.3 Å². The summed E-state index contributed by atoms with van der Waals surface area (Å²) in [5.74, 6) is -0.0974. The van der Waals surface area contributed by atoms with Crippen molar-refractivity contribution < 1.29 is 4.79 Å². The zero-order valence-electron chi connectivity index (χ0n) is 13.2. The van der Waals surface area contributed by atoms with Crippen molar-refractivity contribution >= 4 is 28.1 Å². The highest BCUT2D eigenvalue weighted by atomic mass is 32.1. The van der Waals surface area contributed by atoms with E-state index in [1.54, 1.807) is 6.20 Å². The van der Waals surface area contributed by atoms with E-state index in [0.29, 0.717) is 23.1 Å². The van der Waals surface area contributed by atoms with Crippen molar-refractivity contribution in [3.05, 3.63) is 54.2 Å². The maximum Gasteiger partial charge on any atom is 0.227 e. The number of rotatable bonds is 6. The predicted molar refractivity (Wildman–Crippen MR) is 96.1 cm³/mol. The lowest BCUT2D eigenvalue weighted by Crippen LogP contribution is -2.16. The Morgan fingerprint density at radius 2 is 1.96 bits per heavy atom. The van der Waals surface area contributed by atoms with Crippen molar-refractivity contribution in [1.29, 1.82) is 0 Å². The van der Waals surface area contributed by atoms with Crippen molar-refractivity contribution in [3.8, 4) is 10.7 Å². The van der Waals surface area contributed by atoms with E-state index in [-0.39, 0.29) is 5.91 Å². The number of carbonyl (C=O) groups excluding carboxylic acids is 1. The average Bonchev–Trinajstić information content (AvgIpc) is 3.06. The molecule has 24 heavy (non-hydrogen) atoms. The molecule has 0 aliphatic rings. The van der Waals surface area contributed by atoms with E-state index in [0.717, 1.165) is 16.9 Å². The van der Waals surface area contributed by atoms with Gasteiger partial charge in [0.05, 0.1) is 0 Å². The number of pyridine rings is 1. The zero-order valence-corrected chi connectivity index (χ0v) is 14.0. The summed E-state index contributed by atoms with van der Waals surface area (Å²) in [6.07, 6.45) is 2.05. The Morgan fingerprint density at radius 3 is 2.75 bits per heavy atom. The second-order valence-electron chi connectivity index (χ2n) is 5.17. The fraction of sp³-hybridized carbons (Fsp3) is 0.176. The Hall–Kier alpha value is -2.80. The highest BCUT2D eigenvalue weighted by Gasteiger charge is 2.10. The van der Waals surface area contributed by atoms with Gasteiger partial charge in [-0.2, -0.15) is 0 Å². The van der Waals surface area contributed by atoms with Gasteiger partial charge in [-0.15, -0.1) is 10.2 Å². The van der Waals surface area contributed by atoms with Gasteiger partial charge in [0, 0.05) is 24.8 Å². The molecule has 0 unspecified atom stereocenters. The number of amides is 1. The largest absolute Gasteiger partial charge is 0.384 e. The molecule has 1 amide bonds. The Balaban J connectivity index is 1.51. The highest BCUT2D eigenvalue weighted by Crippen LogP contribution is 2.24. The van der Waals surface area contributed by atoms with Gasteiger partial charge in [-0.1, -0.05) is 35.6 Å². The van der Waals surface area contributed by atoms with Gasteiger partial charge in [0.1, 0.15) is 5.69 Å². The molecule has 6 nitrogen and oxygen atoms in total. The lowest BCUT2D eigenvalue weighted by atomic mass is 10.2. The van der Waals surface area contributed by atoms with Gasteiger partial charge >= 0.3 is 0 Å². The minimum atomic E-state index is -0.0974. The second-order valence-corrected chi connectivity index (χ2v) is 6.14. The number of hydrogen-bond donors (Lipinski definition) is 2. The van der Waals surface area contributed by atoms with E-state index >= 15 is 0 Å². The van der Waals surface area contributed by atoms with Crippen molar-refractivity contribution in [3.63, 3.8) is 0 Å². The predicted octanol–water partition coefficient (Wildman–Crippen LogP) is 3.35. The smallest absolute Gasteiger partial charge is 0.227 e. The van der Waals surface area contributed by atoms with E-state index in [9.17, 15) is 4.79 Å². The van der Waals surface area contributed by atoms with Gasteiger partial charge in [-0.3, -0.25) is 9.78 Å². The van der Waals surface area contributed by atoms with Crippen LogP contribution in [0.2, 0.25) is 0 Å². The van der Waals surface area contributed by atoms with Crippen LogP contribution in [0.25, 0.3) is 10.7 Å². The molecule has 0 bridgehead atoms. The molecular formula is C17H17N5OS. The molecule has 7 heteroatoms. The van der Waals surface area contributed by atoms with Crippen molar-refractivity contribution in [2.75, 3.05) is 17.2 Å². The summed E-state index contributed by atoms with van der Waals surface area (Å²) >= 11 is 1.31. The molecule has 0 radical (unpaired) electrons. The lowest BCUT2D eigenvalue weighted by Gasteiger charge is -2.08. The first-order chi connectivity index (χ1) is 11.7. The van der Waals surface area contributed by atoms with Crippen LogP contribution in [0, 0.1) is 6.92 Å². The molecule has 0 atom stereocenters. The van der Waals surface area contributed by atoms with Crippen molar-refractivity contribution in [1.82, 2.24) is 15.2 Å². The first-order valence-electron chi connectivity index (χ1n) is 7.56. The molecule has 0 fully saturated rings. The minimum Gasteiger partial charge on any atom is -0.384 e. The molecule has 2 heterocycles. The normalized spacial score (nSPS) is 10.4. The molecule has 1 aromatic carbocycles. The second kappa shape index (κ2) is 7.65. The average molecular weight is 339 g/mol. The quantitative estimate of drug-likeness (QED) is 0.720. The molecular weight excluding hydrogens is 322 g/mol. The van der Waals surface area contributed by atoms with Crippen LogP contribution in [0.3, 0.4) is 0 Å². The molecule has 122 valence electrons. The molecule has 3 rings (SSSR count). The fourth-order valence-electron chi connectivity index (χ4n) is 2.13. The third-order valence-corrected chi connectivity index (χ3v) is 4.23. The molecule has 2 aromatic heterocycles. The fourth-order valence-corrected chi connectivity index (χ4v) is 2.87. The Morgan fingerprint density at radius 1 is 1.12 bits per heavy atom. The molecule has 0 saturated carbocycles. The summed E-state index contributed by atoms with van der Waals surface area (Å²) < 4.78 is 0. The van der Waals surface area contributed by atoms with Crippen LogP contribution >= 0.6 is 11.3 Å². The number of carbonyl (C=O) groups is 1. The first kappa shape index (κ1) is 16.1. The highest BCUT2D eigenvalue weighted by molar-refractivity contribution is 7.18. The van der Waals surface area contributed by atoms with E-state index in [2.05, 4.69) is 25.8 Å². The maximum atomic E-state index is 12.0. The number of aryl methyl sites for hydroxylation is 1. The van der Waals surface area contributed by atoms with Gasteiger partial charge in [0.15, 0.2) is 5.01 Å². The molecule has 0 aliphatic carbocycles. The Labute approximate surface area is 144 Å². The minimum absolute atomic E-state index is 0.0974. The van der Waals surface area contributed by atoms with E-state index < -0.39 is 0 Å². The molecule has 2 N–H and O–H groups in total. The van der Waals surface area contributed by atoms with E-state index in [1.165, 1.54) is 11.3 Å². The van der Waals surface area contributed by atoms with Crippen LogP contribution in [0.4, 0.5) is 10.8 Å². The third-order valence-electron chi connectivity index (χ3n) is 3.37. The summed E-state index contributed by atoms with van der Waals surface area (Å²) in [5.41, 5.74) is 2.94. The molecule has 0 spiro atoms. The Kier molecular flexibility index (Phi) is 5.12. The number of anilines is 2.